The number of hydrogen-bond acceptors (Lipinski definition) is 6. The molecule has 1 aliphatic heterocycles. The number of sulfonamides is 1. The Morgan fingerprint density at radius 3 is 2.37 bits per heavy atom. The van der Waals surface area contributed by atoms with E-state index in [0.29, 0.717) is 37.7 Å². The zero-order chi connectivity index (χ0) is 21.9. The number of aryl methyl sites for hydroxylation is 1. The van der Waals surface area contributed by atoms with Crippen LogP contribution in [-0.2, 0) is 21.4 Å². The van der Waals surface area contributed by atoms with Crippen molar-refractivity contribution in [3.05, 3.63) is 46.8 Å². The summed E-state index contributed by atoms with van der Waals surface area (Å²) in [4.78, 5) is 17.1. The molecule has 3 rings (SSSR count). The van der Waals surface area contributed by atoms with Gasteiger partial charge in [0.1, 0.15) is 6.04 Å². The number of amides is 1. The molecule has 2 aromatic rings. The first-order valence-corrected chi connectivity index (χ1v) is 11.7. The number of piperazine rings is 1. The third-order valence-corrected chi connectivity index (χ3v) is 6.79. The van der Waals surface area contributed by atoms with Crippen molar-refractivity contribution in [2.24, 2.45) is 5.92 Å². The first-order chi connectivity index (χ1) is 14.2. The second-order valence-electron chi connectivity index (χ2n) is 7.83. The van der Waals surface area contributed by atoms with Crippen LogP contribution in [0.15, 0.2) is 39.8 Å². The maximum atomic E-state index is 13.1. The molecule has 0 bridgehead atoms. The molecule has 1 aromatic carbocycles. The Balaban J connectivity index is 1.62. The minimum atomic E-state index is -3.84. The van der Waals surface area contributed by atoms with Crippen LogP contribution in [0, 0.1) is 12.8 Å². The molecule has 1 fully saturated rings. The predicted octanol–water partition coefficient (Wildman–Crippen LogP) is 2.28. The highest BCUT2D eigenvalue weighted by molar-refractivity contribution is 7.89. The molecule has 0 saturated carbocycles. The monoisotopic (exact) mass is 454 g/mol. The van der Waals surface area contributed by atoms with Gasteiger partial charge in [0, 0.05) is 37.3 Å². The summed E-state index contributed by atoms with van der Waals surface area (Å²) in [5.74, 6) is 0.385. The van der Waals surface area contributed by atoms with Crippen LogP contribution in [0.25, 0.3) is 0 Å². The van der Waals surface area contributed by atoms with E-state index in [0.717, 1.165) is 11.5 Å². The first-order valence-electron chi connectivity index (χ1n) is 9.87. The highest BCUT2D eigenvalue weighted by Crippen LogP contribution is 2.17. The average Bonchev–Trinajstić information content (AvgIpc) is 3.11. The highest BCUT2D eigenvalue weighted by atomic mass is 35.5. The Bertz CT molecular complexity index is 967. The van der Waals surface area contributed by atoms with E-state index in [9.17, 15) is 13.2 Å². The van der Waals surface area contributed by atoms with Crippen molar-refractivity contribution in [1.82, 2.24) is 19.7 Å². The molecule has 1 saturated heterocycles. The van der Waals surface area contributed by atoms with E-state index in [1.54, 1.807) is 4.90 Å². The maximum absolute atomic E-state index is 13.1. The number of nitrogens with zero attached hydrogens (tertiary/aromatic N) is 3. The van der Waals surface area contributed by atoms with Crippen LogP contribution in [0.1, 0.15) is 25.3 Å². The fourth-order valence-electron chi connectivity index (χ4n) is 3.35. The Hall–Kier alpha value is -1.94. The smallest absolute Gasteiger partial charge is 0.241 e. The number of aromatic nitrogens is 1. The van der Waals surface area contributed by atoms with Crippen molar-refractivity contribution >= 4 is 27.5 Å². The van der Waals surface area contributed by atoms with Gasteiger partial charge in [-0.2, -0.15) is 4.72 Å². The van der Waals surface area contributed by atoms with Crippen LogP contribution < -0.4 is 4.72 Å². The molecule has 0 radical (unpaired) electrons. The van der Waals surface area contributed by atoms with E-state index in [-0.39, 0.29) is 16.7 Å². The van der Waals surface area contributed by atoms with Gasteiger partial charge in [-0.3, -0.25) is 9.69 Å². The summed E-state index contributed by atoms with van der Waals surface area (Å²) < 4.78 is 33.3. The van der Waals surface area contributed by atoms with E-state index >= 15 is 0 Å². The predicted molar refractivity (Wildman–Crippen MR) is 113 cm³/mol. The molecule has 8 nitrogen and oxygen atoms in total. The topological polar surface area (TPSA) is 95.8 Å². The van der Waals surface area contributed by atoms with Gasteiger partial charge < -0.3 is 9.42 Å². The molecule has 10 heteroatoms. The molecular formula is C20H27ClN4O4S. The highest BCUT2D eigenvalue weighted by Gasteiger charge is 2.33. The summed E-state index contributed by atoms with van der Waals surface area (Å²) >= 11 is 5.84. The van der Waals surface area contributed by atoms with Gasteiger partial charge in [0.15, 0.2) is 5.76 Å². The van der Waals surface area contributed by atoms with Crippen molar-refractivity contribution in [3.8, 4) is 0 Å². The van der Waals surface area contributed by atoms with Crippen LogP contribution in [0.2, 0.25) is 5.02 Å². The van der Waals surface area contributed by atoms with Gasteiger partial charge in [0.25, 0.3) is 0 Å². The summed E-state index contributed by atoms with van der Waals surface area (Å²) in [5.41, 5.74) is 0.839. The molecule has 1 aliphatic rings. The van der Waals surface area contributed by atoms with Crippen molar-refractivity contribution in [2.75, 3.05) is 26.2 Å². The van der Waals surface area contributed by atoms with E-state index in [1.807, 2.05) is 26.8 Å². The Morgan fingerprint density at radius 2 is 1.83 bits per heavy atom. The molecule has 1 aromatic heterocycles. The molecular weight excluding hydrogens is 428 g/mol. The van der Waals surface area contributed by atoms with Gasteiger partial charge in [0.05, 0.1) is 17.1 Å². The Kier molecular flexibility index (Phi) is 7.18. The number of nitrogens with one attached hydrogen (secondary N) is 1. The molecule has 30 heavy (non-hydrogen) atoms. The van der Waals surface area contributed by atoms with Gasteiger partial charge in [0.2, 0.25) is 15.9 Å². The zero-order valence-electron chi connectivity index (χ0n) is 17.3. The van der Waals surface area contributed by atoms with Crippen molar-refractivity contribution in [3.63, 3.8) is 0 Å². The fourth-order valence-corrected chi connectivity index (χ4v) is 4.82. The molecule has 2 heterocycles. The van der Waals surface area contributed by atoms with Gasteiger partial charge in [-0.1, -0.05) is 30.6 Å². The summed E-state index contributed by atoms with van der Waals surface area (Å²) in [5, 5.41) is 4.34. The largest absolute Gasteiger partial charge is 0.360 e. The van der Waals surface area contributed by atoms with E-state index in [2.05, 4.69) is 14.8 Å². The van der Waals surface area contributed by atoms with Crippen LogP contribution in [0.4, 0.5) is 0 Å². The summed E-state index contributed by atoms with van der Waals surface area (Å²) in [6.45, 7) is 8.58. The molecule has 0 aliphatic carbocycles. The second-order valence-corrected chi connectivity index (χ2v) is 9.98. The van der Waals surface area contributed by atoms with Crippen LogP contribution in [0.3, 0.4) is 0 Å². The van der Waals surface area contributed by atoms with Crippen LogP contribution >= 0.6 is 11.6 Å². The number of carbonyl (C=O) groups is 1. The average molecular weight is 455 g/mol. The van der Waals surface area contributed by atoms with E-state index in [4.69, 9.17) is 16.1 Å². The maximum Gasteiger partial charge on any atom is 0.241 e. The van der Waals surface area contributed by atoms with Crippen molar-refractivity contribution in [1.29, 1.82) is 0 Å². The number of halogens is 1. The lowest BCUT2D eigenvalue weighted by atomic mass is 10.0. The quantitative estimate of drug-likeness (QED) is 0.689. The lowest BCUT2D eigenvalue weighted by Crippen LogP contribution is -2.56. The van der Waals surface area contributed by atoms with Crippen molar-refractivity contribution in [2.45, 2.75) is 38.3 Å². The lowest BCUT2D eigenvalue weighted by Gasteiger charge is -2.36. The summed E-state index contributed by atoms with van der Waals surface area (Å²) in [6, 6.07) is 6.94. The van der Waals surface area contributed by atoms with Gasteiger partial charge in [-0.15, -0.1) is 0 Å². The molecule has 1 N–H and O–H groups in total. The van der Waals surface area contributed by atoms with Crippen LogP contribution in [-0.4, -0.2) is 61.5 Å². The van der Waals surface area contributed by atoms with Gasteiger partial charge >= 0.3 is 0 Å². The molecule has 1 atom stereocenters. The van der Waals surface area contributed by atoms with E-state index < -0.39 is 16.1 Å². The minimum Gasteiger partial charge on any atom is -0.360 e. The minimum absolute atomic E-state index is 0.0810. The van der Waals surface area contributed by atoms with Crippen molar-refractivity contribution < 1.29 is 17.7 Å². The Labute approximate surface area is 182 Å². The second kappa shape index (κ2) is 9.47. The molecule has 1 amide bonds. The molecule has 1 unspecified atom stereocenters. The SMILES string of the molecule is Cc1cc(CN2CCN(C(=O)C(NS(=O)(=O)c3ccc(Cl)cc3)C(C)C)CC2)on1. The number of carbonyl (C=O) groups excluding carboxylic acids is 1. The number of benzene rings is 1. The summed E-state index contributed by atoms with van der Waals surface area (Å²) in [7, 11) is -3.84. The molecule has 0 spiro atoms. The number of hydrogen-bond donors (Lipinski definition) is 1. The van der Waals surface area contributed by atoms with Crippen LogP contribution in [0.5, 0.6) is 0 Å². The zero-order valence-corrected chi connectivity index (χ0v) is 18.9. The molecule has 164 valence electrons. The van der Waals surface area contributed by atoms with E-state index in [1.165, 1.54) is 24.3 Å². The lowest BCUT2D eigenvalue weighted by molar-refractivity contribution is -0.135. The Morgan fingerprint density at radius 1 is 1.20 bits per heavy atom. The standard InChI is InChI=1S/C20H27ClN4O4S/c1-14(2)19(23-30(27,28)18-6-4-16(21)5-7-18)20(26)25-10-8-24(9-11-25)13-17-12-15(3)22-29-17/h4-7,12,14,19,23H,8-11,13H2,1-3H3. The van der Waals surface area contributed by atoms with Gasteiger partial charge in [-0.25, -0.2) is 8.42 Å². The third kappa shape index (κ3) is 5.60. The fraction of sp³-hybridized carbons (Fsp3) is 0.500. The normalized spacial score (nSPS) is 16.8. The number of rotatable bonds is 7. The van der Waals surface area contributed by atoms with Gasteiger partial charge in [-0.05, 0) is 37.1 Å². The first kappa shape index (κ1) is 22.7. The third-order valence-electron chi connectivity index (χ3n) is 5.08. The summed E-state index contributed by atoms with van der Waals surface area (Å²) in [6.07, 6.45) is 0.